The Hall–Kier alpha value is -6.75. The number of hydrogen-bond acceptors (Lipinski definition) is 13. The second kappa shape index (κ2) is 15.8. The van der Waals surface area contributed by atoms with Crippen LogP contribution in [0.15, 0.2) is 58.6 Å². The number of anilines is 3. The lowest BCUT2D eigenvalue weighted by molar-refractivity contribution is -0.112. The summed E-state index contributed by atoms with van der Waals surface area (Å²) in [5, 5.41) is 9.53. The number of aliphatic imine (C=N–C) groups is 1. The number of nitrogens with two attached hydrogens (primary N) is 1. The zero-order chi connectivity index (χ0) is 42.6. The molecule has 1 unspecified atom stereocenters. The molecule has 2 aromatic heterocycles. The Morgan fingerprint density at radius 2 is 1.72 bits per heavy atom. The van der Waals surface area contributed by atoms with Crippen LogP contribution in [0.5, 0.6) is 23.0 Å². The summed E-state index contributed by atoms with van der Waals surface area (Å²) < 4.78 is 40.5. The molecule has 1 saturated heterocycles. The van der Waals surface area contributed by atoms with Crippen LogP contribution in [-0.4, -0.2) is 103 Å². The highest BCUT2D eigenvalue weighted by Gasteiger charge is 2.38. The second-order valence-electron chi connectivity index (χ2n) is 15.2. The number of pyridine rings is 1. The van der Waals surface area contributed by atoms with E-state index in [1.165, 1.54) is 20.4 Å². The number of amides is 1. The molecule has 1 aliphatic carbocycles. The molecule has 3 N–H and O–H groups in total. The maximum Gasteiger partial charge on any atom is 0.341 e. The van der Waals surface area contributed by atoms with E-state index in [0.29, 0.717) is 65.6 Å². The van der Waals surface area contributed by atoms with Gasteiger partial charge in [0.15, 0.2) is 17.3 Å². The number of carboxylic acid groups (broad SMARTS) is 1. The molecule has 16 nitrogen and oxygen atoms in total. The van der Waals surface area contributed by atoms with Crippen molar-refractivity contribution in [2.45, 2.75) is 45.2 Å². The molecule has 2 aliphatic heterocycles. The topological polar surface area (TPSA) is 187 Å². The first-order valence-corrected chi connectivity index (χ1v) is 19.4. The van der Waals surface area contributed by atoms with E-state index in [0.717, 1.165) is 24.0 Å². The van der Waals surface area contributed by atoms with Crippen LogP contribution in [0.2, 0.25) is 0 Å². The number of aryl methyl sites for hydroxylation is 1. The first-order chi connectivity index (χ1) is 28.8. The minimum absolute atomic E-state index is 0.0180. The van der Waals surface area contributed by atoms with Crippen molar-refractivity contribution in [3.63, 3.8) is 0 Å². The van der Waals surface area contributed by atoms with Gasteiger partial charge >= 0.3 is 5.97 Å². The number of halogens is 1. The Morgan fingerprint density at radius 1 is 1.00 bits per heavy atom. The number of piperazine rings is 1. The van der Waals surface area contributed by atoms with Crippen molar-refractivity contribution in [2.75, 3.05) is 70.3 Å². The number of nitrogens with zero attached hydrogens (tertiary/aromatic N) is 7. The van der Waals surface area contributed by atoms with Crippen molar-refractivity contribution in [3.05, 3.63) is 92.6 Å². The minimum atomic E-state index is -1.41. The average Bonchev–Trinajstić information content (AvgIpc) is 4.05. The number of rotatable bonds is 12. The SMILES string of the molecule is COc1cc(Cc2cnc(/N=C3\C(=O)N(CN4CCN(c5c(OC)cc6c(c5F)c(=O)c(C(=O)O)cn6C5CC5)CC4C)c4ccc(C)cc43)nc2N)cc(OC)c1OC. The third kappa shape index (κ3) is 7.07. The Bertz CT molecular complexity index is 2640. The van der Waals surface area contributed by atoms with Gasteiger partial charge < -0.3 is 39.3 Å². The number of aromatic carboxylic acids is 1. The van der Waals surface area contributed by atoms with Crippen LogP contribution in [0, 0.1) is 12.7 Å². The summed E-state index contributed by atoms with van der Waals surface area (Å²) in [5.74, 6) is -0.606. The summed E-state index contributed by atoms with van der Waals surface area (Å²) in [5.41, 5.74) is 9.37. The number of carbonyl (C=O) groups excluding carboxylic acids is 1. The summed E-state index contributed by atoms with van der Waals surface area (Å²) in [6.07, 6.45) is 4.85. The van der Waals surface area contributed by atoms with Crippen molar-refractivity contribution < 1.29 is 38.0 Å². The maximum atomic E-state index is 16.7. The van der Waals surface area contributed by atoms with E-state index in [2.05, 4.69) is 19.9 Å². The van der Waals surface area contributed by atoms with E-state index < -0.39 is 22.8 Å². The van der Waals surface area contributed by atoms with Crippen molar-refractivity contribution >= 4 is 51.6 Å². The third-order valence-electron chi connectivity index (χ3n) is 11.4. The van der Waals surface area contributed by atoms with Crippen LogP contribution < -0.4 is 39.9 Å². The zero-order valence-electron chi connectivity index (χ0n) is 34.1. The number of ether oxygens (including phenoxy) is 4. The van der Waals surface area contributed by atoms with Gasteiger partial charge in [-0.05, 0) is 56.5 Å². The Labute approximate surface area is 344 Å². The predicted molar refractivity (Wildman–Crippen MR) is 223 cm³/mol. The molecular formula is C43H45FN8O8. The van der Waals surface area contributed by atoms with Gasteiger partial charge in [0.25, 0.3) is 11.9 Å². The fraction of sp³-hybridized carbons (Fsp3) is 0.349. The normalized spacial score (nSPS) is 17.4. The molecule has 0 spiro atoms. The molecule has 3 aliphatic rings. The molecule has 5 aromatic rings. The molecule has 60 heavy (non-hydrogen) atoms. The van der Waals surface area contributed by atoms with E-state index >= 15 is 4.39 Å². The van der Waals surface area contributed by atoms with Gasteiger partial charge in [0.05, 0.1) is 51.7 Å². The number of nitrogen functional groups attached to an aromatic ring is 1. The van der Waals surface area contributed by atoms with Gasteiger partial charge in [-0.1, -0.05) is 11.6 Å². The Morgan fingerprint density at radius 3 is 2.33 bits per heavy atom. The van der Waals surface area contributed by atoms with Crippen LogP contribution in [0.25, 0.3) is 10.9 Å². The van der Waals surface area contributed by atoms with Crippen LogP contribution >= 0.6 is 0 Å². The smallest absolute Gasteiger partial charge is 0.341 e. The highest BCUT2D eigenvalue weighted by molar-refractivity contribution is 6.54. The van der Waals surface area contributed by atoms with Gasteiger partial charge in [-0.2, -0.15) is 4.98 Å². The summed E-state index contributed by atoms with van der Waals surface area (Å²) in [4.78, 5) is 58.8. The molecule has 312 valence electrons. The van der Waals surface area contributed by atoms with E-state index in [9.17, 15) is 19.5 Å². The highest BCUT2D eigenvalue weighted by atomic mass is 19.1. The van der Waals surface area contributed by atoms with Crippen molar-refractivity contribution in [2.24, 2.45) is 4.99 Å². The van der Waals surface area contributed by atoms with Crippen molar-refractivity contribution in [1.82, 2.24) is 19.4 Å². The number of fused-ring (bicyclic) bond motifs is 2. The van der Waals surface area contributed by atoms with E-state index in [-0.39, 0.29) is 59.0 Å². The summed E-state index contributed by atoms with van der Waals surface area (Å²) in [7, 11) is 6.06. The molecule has 0 bridgehead atoms. The van der Waals surface area contributed by atoms with Gasteiger partial charge in [0.1, 0.15) is 28.5 Å². The summed E-state index contributed by atoms with van der Waals surface area (Å²) in [6, 6.07) is 10.8. The average molecular weight is 821 g/mol. The molecule has 17 heteroatoms. The van der Waals surface area contributed by atoms with Crippen molar-refractivity contribution in [1.29, 1.82) is 0 Å². The number of carboxylic acids is 1. The molecular weight excluding hydrogens is 776 g/mol. The molecule has 1 atom stereocenters. The fourth-order valence-electron chi connectivity index (χ4n) is 8.11. The summed E-state index contributed by atoms with van der Waals surface area (Å²) in [6.45, 7) is 5.20. The van der Waals surface area contributed by atoms with Crippen LogP contribution in [0.3, 0.4) is 0 Å². The number of methoxy groups -OCH3 is 4. The molecule has 3 aromatic carbocycles. The van der Waals surface area contributed by atoms with E-state index in [1.807, 2.05) is 49.1 Å². The molecule has 2 fully saturated rings. The Balaban J connectivity index is 1.04. The molecule has 0 radical (unpaired) electrons. The monoisotopic (exact) mass is 820 g/mol. The van der Waals surface area contributed by atoms with Gasteiger partial charge in [-0.15, -0.1) is 0 Å². The van der Waals surface area contributed by atoms with Gasteiger partial charge in [-0.3, -0.25) is 19.4 Å². The van der Waals surface area contributed by atoms with Crippen LogP contribution in [-0.2, 0) is 11.2 Å². The first kappa shape index (κ1) is 40.0. The van der Waals surface area contributed by atoms with Crippen molar-refractivity contribution in [3.8, 4) is 23.0 Å². The molecule has 1 saturated carbocycles. The third-order valence-corrected chi connectivity index (χ3v) is 11.4. The first-order valence-electron chi connectivity index (χ1n) is 19.4. The quantitative estimate of drug-likeness (QED) is 0.169. The lowest BCUT2D eigenvalue weighted by Gasteiger charge is -2.42. The lowest BCUT2D eigenvalue weighted by Crippen LogP contribution is -2.56. The zero-order valence-corrected chi connectivity index (χ0v) is 34.1. The standard InChI is InChI=1S/C43H45FN8O8/c1-22-7-10-29-27(13-22)36(47-43-46-18-25(40(45)48-43)14-24-15-32(58-4)39(60-6)33(16-24)59-5)41(54)52(29)21-50-12-11-49(19-23(50)2)37-31(57-3)17-30-34(35(37)44)38(53)28(42(55)56)20-51(30)26-8-9-26/h7,10,13,15-18,20,23,26H,8-9,11-12,14,19,21H2,1-6H3,(H,55,56)(H2,45,46,48)/b47-36-. The number of carbonyl (C=O) groups is 2. The van der Waals surface area contributed by atoms with Crippen LogP contribution in [0.1, 0.15) is 58.4 Å². The highest BCUT2D eigenvalue weighted by Crippen LogP contribution is 2.43. The van der Waals surface area contributed by atoms with Crippen LogP contribution in [0.4, 0.5) is 27.5 Å². The van der Waals surface area contributed by atoms with E-state index in [4.69, 9.17) is 24.7 Å². The molecule has 8 rings (SSSR count). The minimum Gasteiger partial charge on any atom is -0.494 e. The largest absolute Gasteiger partial charge is 0.494 e. The number of benzene rings is 3. The predicted octanol–water partition coefficient (Wildman–Crippen LogP) is 5.12. The number of aromatic nitrogens is 3. The van der Waals surface area contributed by atoms with Gasteiger partial charge in [0, 0.05) is 67.7 Å². The number of hydrogen-bond donors (Lipinski definition) is 2. The second-order valence-corrected chi connectivity index (χ2v) is 15.2. The summed E-state index contributed by atoms with van der Waals surface area (Å²) >= 11 is 0. The maximum absolute atomic E-state index is 16.7. The van der Waals surface area contributed by atoms with E-state index in [1.54, 1.807) is 35.9 Å². The van der Waals surface area contributed by atoms with Gasteiger partial charge in [0.2, 0.25) is 11.2 Å². The Kier molecular flexibility index (Phi) is 10.5. The molecule has 1 amide bonds. The van der Waals surface area contributed by atoms with Gasteiger partial charge in [-0.25, -0.2) is 19.2 Å². The fourth-order valence-corrected chi connectivity index (χ4v) is 8.11. The lowest BCUT2D eigenvalue weighted by atomic mass is 10.1. The molecule has 4 heterocycles.